The molecule has 0 saturated carbocycles. The summed E-state index contributed by atoms with van der Waals surface area (Å²) in [5.74, 6) is -1.92. The number of H-pyrrole nitrogens is 1. The van der Waals surface area contributed by atoms with Crippen molar-refractivity contribution in [3.8, 4) is 11.5 Å². The molecule has 12 nitrogen and oxygen atoms in total. The summed E-state index contributed by atoms with van der Waals surface area (Å²) >= 11 is 0. The van der Waals surface area contributed by atoms with Crippen molar-refractivity contribution >= 4 is 40.4 Å². The Kier molecular flexibility index (Phi) is 10.6. The number of methoxy groups -OCH3 is 2. The van der Waals surface area contributed by atoms with E-state index in [0.29, 0.717) is 36.4 Å². The van der Waals surface area contributed by atoms with Crippen molar-refractivity contribution < 1.29 is 38.2 Å². The summed E-state index contributed by atoms with van der Waals surface area (Å²) in [6.45, 7) is 3.67. The fourth-order valence-electron chi connectivity index (χ4n) is 5.11. The highest BCUT2D eigenvalue weighted by atomic mass is 16.5. The van der Waals surface area contributed by atoms with E-state index < -0.39 is 48.2 Å². The van der Waals surface area contributed by atoms with Gasteiger partial charge in [-0.25, -0.2) is 4.79 Å². The lowest BCUT2D eigenvalue weighted by atomic mass is 9.95. The van der Waals surface area contributed by atoms with Gasteiger partial charge in [0.05, 0.1) is 25.8 Å². The molecule has 0 unspecified atom stereocenters. The van der Waals surface area contributed by atoms with Crippen LogP contribution in [0.2, 0.25) is 0 Å². The molecule has 4 N–H and O–H groups in total. The molecule has 12 heteroatoms. The van der Waals surface area contributed by atoms with Crippen molar-refractivity contribution in [3.05, 3.63) is 59.8 Å². The Labute approximate surface area is 255 Å². The van der Waals surface area contributed by atoms with Crippen LogP contribution in [-0.2, 0) is 19.1 Å². The standard InChI is InChI=1S/C32H38N4O8/c1-18(2)14-25(36-31(40)26-16-22-23(34-26)6-5-7-28(22)43-4)30(39)35-24(15-20-12-13-33-29(20)38)27(37)17-44-32(41)19-8-10-21(42-3)11-9-19/h5-11,16,18,20,24-25,34H,12-15,17H2,1-4H3,(H,33,38)(H,35,39)(H,36,40)/t20-,24-,25-/m0/s1. The van der Waals surface area contributed by atoms with Crippen molar-refractivity contribution in [2.45, 2.75) is 45.2 Å². The molecule has 234 valence electrons. The van der Waals surface area contributed by atoms with Crippen LogP contribution in [0, 0.1) is 11.8 Å². The Balaban J connectivity index is 1.47. The molecule has 1 aliphatic heterocycles. The van der Waals surface area contributed by atoms with E-state index in [1.54, 1.807) is 30.3 Å². The smallest absolute Gasteiger partial charge is 0.338 e. The molecule has 1 aromatic heterocycles. The number of ketones is 1. The Hall–Kier alpha value is -4.87. The molecule has 0 radical (unpaired) electrons. The summed E-state index contributed by atoms with van der Waals surface area (Å²) in [5.41, 5.74) is 1.17. The Morgan fingerprint density at radius 2 is 1.73 bits per heavy atom. The highest BCUT2D eigenvalue weighted by molar-refractivity contribution is 6.02. The minimum atomic E-state index is -1.12. The molecule has 0 aliphatic carbocycles. The number of amides is 3. The third kappa shape index (κ3) is 7.94. The van der Waals surface area contributed by atoms with Crippen molar-refractivity contribution in [2.75, 3.05) is 27.4 Å². The van der Waals surface area contributed by atoms with Gasteiger partial charge in [0.1, 0.15) is 23.2 Å². The third-order valence-corrected chi connectivity index (χ3v) is 7.48. The van der Waals surface area contributed by atoms with Gasteiger partial charge in [-0.05, 0) is 67.6 Å². The van der Waals surface area contributed by atoms with Crippen molar-refractivity contribution in [2.24, 2.45) is 11.8 Å². The number of aromatic amines is 1. The third-order valence-electron chi connectivity index (χ3n) is 7.48. The van der Waals surface area contributed by atoms with Crippen LogP contribution in [0.5, 0.6) is 11.5 Å². The van der Waals surface area contributed by atoms with Crippen LogP contribution in [0.25, 0.3) is 10.9 Å². The van der Waals surface area contributed by atoms with Crippen LogP contribution < -0.4 is 25.4 Å². The van der Waals surface area contributed by atoms with Crippen molar-refractivity contribution in [1.29, 1.82) is 0 Å². The van der Waals surface area contributed by atoms with E-state index in [9.17, 15) is 24.0 Å². The number of rotatable bonds is 14. The zero-order valence-electron chi connectivity index (χ0n) is 25.2. The molecule has 44 heavy (non-hydrogen) atoms. The minimum absolute atomic E-state index is 0.0223. The van der Waals surface area contributed by atoms with Gasteiger partial charge in [-0.3, -0.25) is 19.2 Å². The molecule has 3 aromatic rings. The summed E-state index contributed by atoms with van der Waals surface area (Å²) in [6.07, 6.45) is 0.819. The number of fused-ring (bicyclic) bond motifs is 1. The number of ether oxygens (including phenoxy) is 3. The predicted octanol–water partition coefficient (Wildman–Crippen LogP) is 2.77. The van der Waals surface area contributed by atoms with E-state index in [1.165, 1.54) is 26.4 Å². The molecule has 1 saturated heterocycles. The SMILES string of the molecule is COc1ccc(C(=O)OCC(=O)[C@H](C[C@@H]2CCNC2=O)NC(=O)[C@H](CC(C)C)NC(=O)c2cc3c(OC)cccc3[nH]2)cc1. The maximum absolute atomic E-state index is 13.6. The van der Waals surface area contributed by atoms with E-state index >= 15 is 0 Å². The van der Waals surface area contributed by atoms with Gasteiger partial charge in [0, 0.05) is 23.4 Å². The van der Waals surface area contributed by atoms with E-state index in [-0.39, 0.29) is 29.5 Å². The second-order valence-corrected chi connectivity index (χ2v) is 11.1. The van der Waals surface area contributed by atoms with E-state index in [1.807, 2.05) is 19.9 Å². The first kappa shape index (κ1) is 32.1. The molecule has 2 heterocycles. The second-order valence-electron chi connectivity index (χ2n) is 11.1. The molecule has 0 spiro atoms. The zero-order chi connectivity index (χ0) is 31.8. The van der Waals surface area contributed by atoms with Gasteiger partial charge < -0.3 is 35.1 Å². The molecule has 3 atom stereocenters. The zero-order valence-corrected chi connectivity index (χ0v) is 25.2. The number of aromatic nitrogens is 1. The summed E-state index contributed by atoms with van der Waals surface area (Å²) in [5, 5.41) is 8.96. The second kappa shape index (κ2) is 14.5. The van der Waals surface area contributed by atoms with Crippen LogP contribution >= 0.6 is 0 Å². The topological polar surface area (TPSA) is 165 Å². The Morgan fingerprint density at radius 1 is 0.977 bits per heavy atom. The van der Waals surface area contributed by atoms with Crippen LogP contribution in [0.4, 0.5) is 0 Å². The van der Waals surface area contributed by atoms with Crippen LogP contribution in [0.15, 0.2) is 48.5 Å². The van der Waals surface area contributed by atoms with Crippen LogP contribution in [0.1, 0.15) is 54.0 Å². The highest BCUT2D eigenvalue weighted by Crippen LogP contribution is 2.26. The van der Waals surface area contributed by atoms with Gasteiger partial charge in [-0.15, -0.1) is 0 Å². The lowest BCUT2D eigenvalue weighted by Gasteiger charge is -2.25. The first-order chi connectivity index (χ1) is 21.1. The summed E-state index contributed by atoms with van der Waals surface area (Å²) in [4.78, 5) is 68.1. The first-order valence-corrected chi connectivity index (χ1v) is 14.5. The molecule has 1 aliphatic rings. The van der Waals surface area contributed by atoms with E-state index in [4.69, 9.17) is 14.2 Å². The Morgan fingerprint density at radius 3 is 2.36 bits per heavy atom. The van der Waals surface area contributed by atoms with Crippen LogP contribution in [0.3, 0.4) is 0 Å². The highest BCUT2D eigenvalue weighted by Gasteiger charge is 2.34. The lowest BCUT2D eigenvalue weighted by Crippen LogP contribution is -2.53. The number of benzene rings is 2. The number of esters is 1. The molecule has 3 amide bonds. The number of carbonyl (C=O) groups is 5. The summed E-state index contributed by atoms with van der Waals surface area (Å²) < 4.78 is 15.7. The van der Waals surface area contributed by atoms with Gasteiger partial charge in [-0.1, -0.05) is 19.9 Å². The largest absolute Gasteiger partial charge is 0.497 e. The number of hydrogen-bond acceptors (Lipinski definition) is 8. The summed E-state index contributed by atoms with van der Waals surface area (Å²) in [6, 6.07) is 11.1. The number of nitrogens with one attached hydrogen (secondary N) is 4. The average molecular weight is 607 g/mol. The number of carbonyl (C=O) groups excluding carboxylic acids is 5. The maximum Gasteiger partial charge on any atom is 0.338 e. The fourth-order valence-corrected chi connectivity index (χ4v) is 5.11. The van der Waals surface area contributed by atoms with Crippen LogP contribution in [-0.4, -0.2) is 73.9 Å². The fraction of sp³-hybridized carbons (Fsp3) is 0.406. The van der Waals surface area contributed by atoms with Crippen molar-refractivity contribution in [1.82, 2.24) is 20.9 Å². The van der Waals surface area contributed by atoms with Gasteiger partial charge >= 0.3 is 5.97 Å². The van der Waals surface area contributed by atoms with Gasteiger partial charge in [0.2, 0.25) is 11.8 Å². The predicted molar refractivity (Wildman–Crippen MR) is 162 cm³/mol. The molecular formula is C32H38N4O8. The molecule has 1 fully saturated rings. The Bertz CT molecular complexity index is 1510. The molecule has 4 rings (SSSR count). The van der Waals surface area contributed by atoms with E-state index in [2.05, 4.69) is 20.9 Å². The quantitative estimate of drug-likeness (QED) is 0.204. The lowest BCUT2D eigenvalue weighted by molar-refractivity contribution is -0.131. The summed E-state index contributed by atoms with van der Waals surface area (Å²) in [7, 11) is 3.04. The van der Waals surface area contributed by atoms with Crippen molar-refractivity contribution in [3.63, 3.8) is 0 Å². The van der Waals surface area contributed by atoms with Gasteiger partial charge in [-0.2, -0.15) is 0 Å². The average Bonchev–Trinajstić information content (AvgIpc) is 3.64. The minimum Gasteiger partial charge on any atom is -0.497 e. The van der Waals surface area contributed by atoms with E-state index in [0.717, 1.165) is 5.39 Å². The van der Waals surface area contributed by atoms with Gasteiger partial charge in [0.15, 0.2) is 12.4 Å². The molecule has 0 bridgehead atoms. The van der Waals surface area contributed by atoms with Gasteiger partial charge in [0.25, 0.3) is 5.91 Å². The maximum atomic E-state index is 13.6. The molecular weight excluding hydrogens is 568 g/mol. The normalized spacial score (nSPS) is 15.8. The number of Topliss-reactive ketones (excluding diaryl/α,β-unsaturated/α-hetero) is 1. The monoisotopic (exact) mass is 606 g/mol. The molecule has 2 aromatic carbocycles. The number of hydrogen-bond donors (Lipinski definition) is 4. The first-order valence-electron chi connectivity index (χ1n) is 14.5.